The second-order valence-corrected chi connectivity index (χ2v) is 5.94. The molecule has 0 radical (unpaired) electrons. The van der Waals surface area contributed by atoms with Crippen LogP contribution < -0.4 is 3.61 Å². The molecule has 2 rings (SSSR count). The zero-order chi connectivity index (χ0) is 10.7. The molecule has 0 aliphatic heterocycles. The van der Waals surface area contributed by atoms with E-state index in [-0.39, 0.29) is 0 Å². The Morgan fingerprint density at radius 2 is 1.73 bits per heavy atom. The molecule has 0 aromatic heterocycles. The standard InChI is InChI=1S/C12H9ClOTe/c13-15-10-6-7-12(14)11(8-10)9-4-2-1-3-5-9/h1-8,14H. The molecule has 0 amide bonds. The third-order valence-corrected chi connectivity index (χ3v) is 4.57. The molecule has 15 heavy (non-hydrogen) atoms. The van der Waals surface area contributed by atoms with Crippen molar-refractivity contribution in [2.24, 2.45) is 0 Å². The van der Waals surface area contributed by atoms with Crippen LogP contribution >= 0.6 is 8.96 Å². The second-order valence-electron chi connectivity index (χ2n) is 3.12. The number of phenols is 1. The molecule has 0 heterocycles. The molecular formula is C12H9ClOTe. The molecule has 76 valence electrons. The third kappa shape index (κ3) is 2.46. The van der Waals surface area contributed by atoms with Crippen LogP contribution in [0.1, 0.15) is 0 Å². The molecule has 0 atom stereocenters. The first-order valence-electron chi connectivity index (χ1n) is 4.48. The van der Waals surface area contributed by atoms with E-state index in [4.69, 9.17) is 8.96 Å². The van der Waals surface area contributed by atoms with Crippen LogP contribution in [0.2, 0.25) is 0 Å². The van der Waals surface area contributed by atoms with Gasteiger partial charge in [-0.15, -0.1) is 0 Å². The fourth-order valence-electron chi connectivity index (χ4n) is 1.41. The number of rotatable bonds is 2. The molecule has 0 saturated heterocycles. The fraction of sp³-hybridized carbons (Fsp3) is 0. The van der Waals surface area contributed by atoms with Crippen molar-refractivity contribution in [1.29, 1.82) is 0 Å². The molecule has 2 aromatic rings. The average molecular weight is 332 g/mol. The zero-order valence-electron chi connectivity index (χ0n) is 7.85. The van der Waals surface area contributed by atoms with Gasteiger partial charge in [0.05, 0.1) is 0 Å². The van der Waals surface area contributed by atoms with Gasteiger partial charge in [-0.05, 0) is 0 Å². The Bertz CT molecular complexity index is 456. The van der Waals surface area contributed by atoms with Crippen molar-refractivity contribution in [1.82, 2.24) is 0 Å². The van der Waals surface area contributed by atoms with E-state index < -0.39 is 19.8 Å². The van der Waals surface area contributed by atoms with E-state index in [1.165, 1.54) is 0 Å². The maximum atomic E-state index is 9.76. The van der Waals surface area contributed by atoms with Gasteiger partial charge in [-0.1, -0.05) is 0 Å². The van der Waals surface area contributed by atoms with Crippen LogP contribution in [-0.2, 0) is 0 Å². The molecule has 0 spiro atoms. The van der Waals surface area contributed by atoms with Gasteiger partial charge in [0.15, 0.2) is 0 Å². The van der Waals surface area contributed by atoms with Crippen LogP contribution in [0.5, 0.6) is 5.75 Å². The summed E-state index contributed by atoms with van der Waals surface area (Å²) in [6, 6.07) is 15.4. The number of hydrogen-bond acceptors (Lipinski definition) is 1. The van der Waals surface area contributed by atoms with Gasteiger partial charge in [-0.3, -0.25) is 0 Å². The molecule has 0 saturated carbocycles. The van der Waals surface area contributed by atoms with E-state index in [2.05, 4.69) is 0 Å². The van der Waals surface area contributed by atoms with Crippen molar-refractivity contribution >= 4 is 32.4 Å². The molecule has 1 nitrogen and oxygen atoms in total. The minimum atomic E-state index is -0.616. The molecule has 1 N–H and O–H groups in total. The molecular weight excluding hydrogens is 323 g/mol. The average Bonchev–Trinajstić information content (AvgIpc) is 2.31. The maximum absolute atomic E-state index is 9.76. The Labute approximate surface area is 103 Å². The van der Waals surface area contributed by atoms with Crippen molar-refractivity contribution in [2.75, 3.05) is 0 Å². The van der Waals surface area contributed by atoms with E-state index in [1.807, 2.05) is 42.5 Å². The van der Waals surface area contributed by atoms with Gasteiger partial charge in [0.25, 0.3) is 0 Å². The van der Waals surface area contributed by atoms with Crippen LogP contribution in [0, 0.1) is 0 Å². The molecule has 3 heteroatoms. The molecule has 0 aliphatic carbocycles. The topological polar surface area (TPSA) is 20.2 Å². The summed E-state index contributed by atoms with van der Waals surface area (Å²) in [5.74, 6) is 0.308. The first kappa shape index (κ1) is 10.8. The summed E-state index contributed by atoms with van der Waals surface area (Å²) in [4.78, 5) is 0. The van der Waals surface area contributed by atoms with E-state index in [9.17, 15) is 5.11 Å². The number of halogens is 1. The van der Waals surface area contributed by atoms with Crippen LogP contribution in [0.25, 0.3) is 11.1 Å². The molecule has 0 bridgehead atoms. The SMILES string of the molecule is Oc1ccc([Te]Cl)cc1-c1ccccc1. The molecule has 0 fully saturated rings. The van der Waals surface area contributed by atoms with Crippen LogP contribution in [0.15, 0.2) is 48.5 Å². The Morgan fingerprint density at radius 1 is 1.00 bits per heavy atom. The van der Waals surface area contributed by atoms with Crippen molar-refractivity contribution in [2.45, 2.75) is 0 Å². The van der Waals surface area contributed by atoms with Gasteiger partial charge in [0.1, 0.15) is 0 Å². The monoisotopic (exact) mass is 334 g/mol. The number of phenolic OH excluding ortho intramolecular Hbond substituents is 1. The Morgan fingerprint density at radius 3 is 2.40 bits per heavy atom. The van der Waals surface area contributed by atoms with Gasteiger partial charge in [0.2, 0.25) is 0 Å². The van der Waals surface area contributed by atoms with Crippen LogP contribution in [-0.4, -0.2) is 24.9 Å². The van der Waals surface area contributed by atoms with Crippen molar-refractivity contribution in [3.8, 4) is 16.9 Å². The van der Waals surface area contributed by atoms with Gasteiger partial charge < -0.3 is 0 Å². The number of benzene rings is 2. The van der Waals surface area contributed by atoms with Gasteiger partial charge in [-0.25, -0.2) is 0 Å². The number of hydrogen-bond donors (Lipinski definition) is 1. The Kier molecular flexibility index (Phi) is 3.53. The van der Waals surface area contributed by atoms with Gasteiger partial charge in [0, 0.05) is 0 Å². The summed E-state index contributed by atoms with van der Waals surface area (Å²) < 4.78 is 1.14. The third-order valence-electron chi connectivity index (χ3n) is 2.14. The van der Waals surface area contributed by atoms with Crippen molar-refractivity contribution in [3.63, 3.8) is 0 Å². The molecule has 0 unspecified atom stereocenters. The van der Waals surface area contributed by atoms with Crippen LogP contribution in [0.3, 0.4) is 0 Å². The first-order chi connectivity index (χ1) is 7.31. The van der Waals surface area contributed by atoms with Crippen molar-refractivity contribution in [3.05, 3.63) is 48.5 Å². The Hall–Kier alpha value is -0.680. The summed E-state index contributed by atoms with van der Waals surface area (Å²) in [5, 5.41) is 9.76. The summed E-state index contributed by atoms with van der Waals surface area (Å²) in [6.45, 7) is 0. The fourth-order valence-corrected chi connectivity index (χ4v) is 2.86. The zero-order valence-corrected chi connectivity index (χ0v) is 10.9. The van der Waals surface area contributed by atoms with E-state index in [1.54, 1.807) is 6.07 Å². The normalized spacial score (nSPS) is 10.2. The predicted molar refractivity (Wildman–Crippen MR) is 64.8 cm³/mol. The van der Waals surface area contributed by atoms with Crippen molar-refractivity contribution < 1.29 is 5.11 Å². The predicted octanol–water partition coefficient (Wildman–Crippen LogP) is 2.54. The summed E-state index contributed by atoms with van der Waals surface area (Å²) in [5.41, 5.74) is 1.88. The molecule has 2 aromatic carbocycles. The summed E-state index contributed by atoms with van der Waals surface area (Å²) >= 11 is -0.616. The first-order valence-corrected chi connectivity index (χ1v) is 8.60. The quantitative estimate of drug-likeness (QED) is 0.838. The Balaban J connectivity index is 2.52. The van der Waals surface area contributed by atoms with E-state index in [0.29, 0.717) is 5.75 Å². The summed E-state index contributed by atoms with van der Waals surface area (Å²) in [6.07, 6.45) is 0. The summed E-state index contributed by atoms with van der Waals surface area (Å²) in [7, 11) is 5.89. The minimum absolute atomic E-state index is 0.308. The number of aromatic hydroxyl groups is 1. The van der Waals surface area contributed by atoms with E-state index >= 15 is 0 Å². The van der Waals surface area contributed by atoms with E-state index in [0.717, 1.165) is 14.7 Å². The second kappa shape index (κ2) is 4.90. The van der Waals surface area contributed by atoms with Gasteiger partial charge >= 0.3 is 103 Å². The van der Waals surface area contributed by atoms with Crippen LogP contribution in [0.4, 0.5) is 0 Å². The van der Waals surface area contributed by atoms with Gasteiger partial charge in [-0.2, -0.15) is 0 Å². The molecule has 0 aliphatic rings.